The molecule has 2 heterocycles. The average Bonchev–Trinajstić information content (AvgIpc) is 3.28. The van der Waals surface area contributed by atoms with Crippen LogP contribution in [0.5, 0.6) is 5.75 Å². The molecule has 0 spiro atoms. The number of carbonyl (C=O) groups excluding carboxylic acids is 1. The Labute approximate surface area is 210 Å². The summed E-state index contributed by atoms with van der Waals surface area (Å²) in [6.45, 7) is 4.84. The summed E-state index contributed by atoms with van der Waals surface area (Å²) >= 11 is 3.32. The van der Waals surface area contributed by atoms with Crippen molar-refractivity contribution in [2.75, 3.05) is 18.9 Å². The van der Waals surface area contributed by atoms with Crippen LogP contribution in [0.25, 0.3) is 0 Å². The first-order valence-electron chi connectivity index (χ1n) is 10.9. The molecule has 3 N–H and O–H groups in total. The number of carbonyl (C=O) groups is 1. The topological polar surface area (TPSA) is 153 Å². The van der Waals surface area contributed by atoms with Crippen molar-refractivity contribution in [1.29, 1.82) is 0 Å². The molecule has 0 saturated carbocycles. The lowest BCUT2D eigenvalue weighted by molar-refractivity contribution is -0.150. The lowest BCUT2D eigenvalue weighted by Gasteiger charge is -2.24. The molecule has 1 aliphatic heterocycles. The summed E-state index contributed by atoms with van der Waals surface area (Å²) in [5, 5.41) is 2.60. The number of anilines is 1. The summed E-state index contributed by atoms with van der Waals surface area (Å²) < 4.78 is 43.3. The molecule has 1 unspecified atom stereocenters. The molecule has 12 nitrogen and oxygen atoms in total. The number of hydrogen-bond donors (Lipinski definition) is 2. The van der Waals surface area contributed by atoms with Crippen molar-refractivity contribution >= 4 is 35.5 Å². The highest BCUT2D eigenvalue weighted by atomic mass is 79.9. The zero-order valence-corrected chi connectivity index (χ0v) is 21.9. The molecule has 3 rings (SSSR count). The van der Waals surface area contributed by atoms with Gasteiger partial charge in [-0.25, -0.2) is 9.36 Å². The molecule has 14 heteroatoms. The standard InChI is InChI=1S/C21H28BrN4O8P/c1-4-13(2)32-20(27)14(3)25-35(29,34-16-7-5-15(22)6-8-16)31-12-19-30-11-18(33-19)26-10-9-17(23)24-21(26)28/h5-10,13-14,18-19H,4,11-12H2,1-3H3,(H,25,29)(H2,23,24,28)/t13-,14+,18+,19+,35?/m1/s1. The van der Waals surface area contributed by atoms with E-state index in [4.69, 9.17) is 29.0 Å². The fourth-order valence-corrected chi connectivity index (χ4v) is 4.62. The van der Waals surface area contributed by atoms with Crippen molar-refractivity contribution in [1.82, 2.24) is 14.6 Å². The largest absolute Gasteiger partial charge is 0.462 e. The van der Waals surface area contributed by atoms with Gasteiger partial charge in [0.1, 0.15) is 24.2 Å². The van der Waals surface area contributed by atoms with Gasteiger partial charge in [-0.15, -0.1) is 0 Å². The third kappa shape index (κ3) is 7.86. The Balaban J connectivity index is 1.68. The molecule has 2 aromatic rings. The van der Waals surface area contributed by atoms with Crippen LogP contribution in [0.1, 0.15) is 33.4 Å². The number of nitrogens with one attached hydrogen (secondary N) is 1. The molecular formula is C21H28BrN4O8P. The maximum absolute atomic E-state index is 13.6. The van der Waals surface area contributed by atoms with Crippen LogP contribution in [0, 0.1) is 0 Å². The van der Waals surface area contributed by atoms with Gasteiger partial charge in [0.2, 0.25) is 0 Å². The lowest BCUT2D eigenvalue weighted by Crippen LogP contribution is -2.37. The Kier molecular flexibility index (Phi) is 9.45. The Morgan fingerprint density at radius 3 is 2.71 bits per heavy atom. The van der Waals surface area contributed by atoms with Crippen molar-refractivity contribution < 1.29 is 32.6 Å². The van der Waals surface area contributed by atoms with E-state index in [0.717, 1.165) is 4.47 Å². The number of nitrogens with two attached hydrogens (primary N) is 1. The van der Waals surface area contributed by atoms with E-state index in [1.807, 2.05) is 6.92 Å². The van der Waals surface area contributed by atoms with Crippen LogP contribution in [0.2, 0.25) is 0 Å². The number of hydrogen-bond acceptors (Lipinski definition) is 10. The molecule has 35 heavy (non-hydrogen) atoms. The Hall–Kier alpha value is -2.28. The van der Waals surface area contributed by atoms with E-state index in [1.54, 1.807) is 31.2 Å². The second kappa shape index (κ2) is 12.1. The first-order chi connectivity index (χ1) is 16.6. The molecule has 192 valence electrons. The van der Waals surface area contributed by atoms with Gasteiger partial charge in [-0.3, -0.25) is 13.9 Å². The number of nitrogens with zero attached hydrogens (tertiary/aromatic N) is 2. The normalized spacial score (nSPS) is 21.1. The summed E-state index contributed by atoms with van der Waals surface area (Å²) in [6.07, 6.45) is 0.0358. The fourth-order valence-electron chi connectivity index (χ4n) is 2.88. The van der Waals surface area contributed by atoms with Crippen molar-refractivity contribution in [3.63, 3.8) is 0 Å². The van der Waals surface area contributed by atoms with Crippen molar-refractivity contribution in [2.45, 2.75) is 51.9 Å². The number of nitrogen functional groups attached to an aromatic ring is 1. The highest BCUT2D eigenvalue weighted by Gasteiger charge is 2.36. The predicted octanol–water partition coefficient (Wildman–Crippen LogP) is 2.98. The van der Waals surface area contributed by atoms with Crippen molar-refractivity contribution in [3.05, 3.63) is 51.5 Å². The van der Waals surface area contributed by atoms with Crippen molar-refractivity contribution in [3.8, 4) is 5.75 Å². The van der Waals surface area contributed by atoms with Crippen LogP contribution >= 0.6 is 23.7 Å². The molecule has 0 bridgehead atoms. The summed E-state index contributed by atoms with van der Waals surface area (Å²) in [4.78, 5) is 28.1. The van der Waals surface area contributed by atoms with Gasteiger partial charge in [0.15, 0.2) is 12.5 Å². The molecule has 1 aromatic heterocycles. The van der Waals surface area contributed by atoms with Gasteiger partial charge in [0, 0.05) is 10.7 Å². The van der Waals surface area contributed by atoms with Gasteiger partial charge in [-0.05, 0) is 50.6 Å². The average molecular weight is 575 g/mol. The van der Waals surface area contributed by atoms with Crippen LogP contribution in [0.3, 0.4) is 0 Å². The molecule has 5 atom stereocenters. The predicted molar refractivity (Wildman–Crippen MR) is 130 cm³/mol. The molecule has 1 aromatic carbocycles. The van der Waals surface area contributed by atoms with Gasteiger partial charge in [-0.1, -0.05) is 22.9 Å². The maximum atomic E-state index is 13.6. The van der Waals surface area contributed by atoms with Crippen LogP contribution in [-0.2, 0) is 28.1 Å². The molecular weight excluding hydrogens is 547 g/mol. The third-order valence-electron chi connectivity index (χ3n) is 4.91. The molecule has 1 fully saturated rings. The molecule has 1 aliphatic rings. The minimum absolute atomic E-state index is 0.0302. The van der Waals surface area contributed by atoms with Gasteiger partial charge in [0.25, 0.3) is 0 Å². The summed E-state index contributed by atoms with van der Waals surface area (Å²) in [5.41, 5.74) is 4.91. The Bertz CT molecular complexity index is 1120. The molecule has 0 amide bonds. The van der Waals surface area contributed by atoms with Gasteiger partial charge in [0.05, 0.1) is 12.7 Å². The fraction of sp³-hybridized carbons (Fsp3) is 0.476. The van der Waals surface area contributed by atoms with Gasteiger partial charge < -0.3 is 24.5 Å². The monoisotopic (exact) mass is 574 g/mol. The van der Waals surface area contributed by atoms with E-state index >= 15 is 0 Å². The number of ether oxygens (including phenoxy) is 3. The highest BCUT2D eigenvalue weighted by Crippen LogP contribution is 2.45. The Morgan fingerprint density at radius 1 is 1.34 bits per heavy atom. The van der Waals surface area contributed by atoms with Gasteiger partial charge >= 0.3 is 19.4 Å². The Morgan fingerprint density at radius 2 is 2.06 bits per heavy atom. The molecule has 0 radical (unpaired) electrons. The number of aromatic nitrogens is 2. The van der Waals surface area contributed by atoms with Crippen molar-refractivity contribution in [2.24, 2.45) is 0 Å². The first-order valence-corrected chi connectivity index (χ1v) is 13.2. The molecule has 0 aliphatic carbocycles. The van der Waals surface area contributed by atoms with E-state index in [9.17, 15) is 14.2 Å². The van der Waals surface area contributed by atoms with E-state index in [0.29, 0.717) is 6.42 Å². The van der Waals surface area contributed by atoms with Crippen LogP contribution in [0.15, 0.2) is 45.8 Å². The minimum Gasteiger partial charge on any atom is -0.462 e. The van der Waals surface area contributed by atoms with E-state index in [-0.39, 0.29) is 30.9 Å². The zero-order chi connectivity index (χ0) is 25.6. The van der Waals surface area contributed by atoms with E-state index < -0.39 is 38.0 Å². The highest BCUT2D eigenvalue weighted by molar-refractivity contribution is 9.10. The van der Waals surface area contributed by atoms with Crippen LogP contribution in [-0.4, -0.2) is 47.2 Å². The van der Waals surface area contributed by atoms with Crippen LogP contribution in [0.4, 0.5) is 5.82 Å². The summed E-state index contributed by atoms with van der Waals surface area (Å²) in [6, 6.07) is 7.03. The van der Waals surface area contributed by atoms with E-state index in [2.05, 4.69) is 26.0 Å². The van der Waals surface area contributed by atoms with E-state index in [1.165, 1.54) is 23.8 Å². The number of benzene rings is 1. The SMILES string of the molecule is CC[C@@H](C)OC(=O)[C@H](C)NP(=O)(OC[C@H]1OC[C@@H](n2ccc(N)nc2=O)O1)Oc1ccc(Br)cc1. The first kappa shape index (κ1) is 27.3. The lowest BCUT2D eigenvalue weighted by atomic mass is 10.3. The number of rotatable bonds is 11. The number of esters is 1. The maximum Gasteiger partial charge on any atom is 0.459 e. The summed E-state index contributed by atoms with van der Waals surface area (Å²) in [7, 11) is -4.10. The number of halogens is 1. The second-order valence-electron chi connectivity index (χ2n) is 7.74. The third-order valence-corrected chi connectivity index (χ3v) is 7.09. The van der Waals surface area contributed by atoms with Gasteiger partial charge in [-0.2, -0.15) is 10.1 Å². The minimum atomic E-state index is -4.10. The zero-order valence-electron chi connectivity index (χ0n) is 19.5. The quantitative estimate of drug-likeness (QED) is 0.300. The smallest absolute Gasteiger partial charge is 0.459 e. The summed E-state index contributed by atoms with van der Waals surface area (Å²) in [5.74, 6) is -0.272. The molecule has 1 saturated heterocycles. The van der Waals surface area contributed by atoms with Crippen LogP contribution < -0.4 is 21.0 Å². The second-order valence-corrected chi connectivity index (χ2v) is 10.4.